The molecule has 0 saturated heterocycles. The quantitative estimate of drug-likeness (QED) is 0.629. The zero-order valence-electron chi connectivity index (χ0n) is 13.6. The number of thiol groups is 1. The lowest BCUT2D eigenvalue weighted by Crippen LogP contribution is -2.25. The summed E-state index contributed by atoms with van der Waals surface area (Å²) in [6.45, 7) is 3.14. The molecule has 0 fully saturated rings. The van der Waals surface area contributed by atoms with Crippen molar-refractivity contribution in [2.75, 3.05) is 18.5 Å². The molecule has 22 heavy (non-hydrogen) atoms. The fourth-order valence-electron chi connectivity index (χ4n) is 2.21. The van der Waals surface area contributed by atoms with Crippen molar-refractivity contribution in [3.05, 3.63) is 59.9 Å². The van der Waals surface area contributed by atoms with Crippen LogP contribution in [0.3, 0.4) is 0 Å². The van der Waals surface area contributed by atoms with Gasteiger partial charge in [0.2, 0.25) is 0 Å². The Balaban J connectivity index is 2.01. The maximum absolute atomic E-state index is 4.57. The maximum Gasteiger partial charge on any atom is 0.169 e. The van der Waals surface area contributed by atoms with Gasteiger partial charge in [-0.2, -0.15) is 12.6 Å². The van der Waals surface area contributed by atoms with Crippen LogP contribution >= 0.6 is 12.6 Å². The lowest BCUT2D eigenvalue weighted by atomic mass is 10.1. The van der Waals surface area contributed by atoms with Gasteiger partial charge < -0.3 is 4.90 Å². The number of nitrogens with zero attached hydrogens (tertiary/aromatic N) is 2. The fourth-order valence-corrected chi connectivity index (χ4v) is 2.45. The van der Waals surface area contributed by atoms with Gasteiger partial charge in [0.05, 0.1) is 0 Å². The first kappa shape index (κ1) is 16.6. The molecule has 0 amide bonds. The third kappa shape index (κ3) is 4.92. The molecule has 0 radical (unpaired) electrons. The molecule has 0 bridgehead atoms. The van der Waals surface area contributed by atoms with E-state index >= 15 is 0 Å². The summed E-state index contributed by atoms with van der Waals surface area (Å²) in [5.74, 6) is 0. The van der Waals surface area contributed by atoms with Crippen LogP contribution in [-0.4, -0.2) is 18.8 Å². The van der Waals surface area contributed by atoms with Gasteiger partial charge in [-0.3, -0.25) is 0 Å². The second kappa shape index (κ2) is 8.04. The van der Waals surface area contributed by atoms with Crippen LogP contribution in [0, 0.1) is 0 Å². The van der Waals surface area contributed by atoms with E-state index < -0.39 is 0 Å². The van der Waals surface area contributed by atoms with E-state index in [1.54, 1.807) is 0 Å². The molecule has 0 spiro atoms. The van der Waals surface area contributed by atoms with Gasteiger partial charge in [0.1, 0.15) is 7.05 Å². The summed E-state index contributed by atoms with van der Waals surface area (Å²) < 4.78 is 2.03. The molecule has 2 rings (SSSR count). The molecule has 1 atom stereocenters. The number of rotatable bonds is 6. The van der Waals surface area contributed by atoms with E-state index in [-0.39, 0.29) is 0 Å². The van der Waals surface area contributed by atoms with Gasteiger partial charge in [-0.15, -0.1) is 0 Å². The van der Waals surface area contributed by atoms with E-state index in [0.717, 1.165) is 13.0 Å². The molecule has 0 N–H and O–H groups in total. The van der Waals surface area contributed by atoms with E-state index in [1.807, 2.05) is 11.6 Å². The van der Waals surface area contributed by atoms with Crippen LogP contribution in [0.4, 0.5) is 5.69 Å². The largest absolute Gasteiger partial charge is 0.373 e. The fraction of sp³-hybridized carbons (Fsp3) is 0.316. The summed E-state index contributed by atoms with van der Waals surface area (Å²) in [6.07, 6.45) is 9.48. The second-order valence-electron chi connectivity index (χ2n) is 5.66. The minimum Gasteiger partial charge on any atom is -0.373 e. The first-order valence-corrected chi connectivity index (χ1v) is 8.22. The summed E-state index contributed by atoms with van der Waals surface area (Å²) >= 11 is 4.57. The number of aryl methyl sites for hydroxylation is 1. The summed E-state index contributed by atoms with van der Waals surface area (Å²) in [6, 6.07) is 12.9. The average Bonchev–Trinajstić information content (AvgIpc) is 2.54. The highest BCUT2D eigenvalue weighted by Gasteiger charge is 2.05. The van der Waals surface area contributed by atoms with Crippen molar-refractivity contribution in [1.82, 2.24) is 0 Å². The SMILES string of the molecule is CCC(S)CN(C)c1ccc(/C=C/c2cc[n+](C)cc2)cc1. The van der Waals surface area contributed by atoms with E-state index in [9.17, 15) is 0 Å². The molecular formula is C19H25N2S+. The molecule has 0 aliphatic carbocycles. The number of hydrogen-bond acceptors (Lipinski definition) is 2. The van der Waals surface area contributed by atoms with Crippen molar-refractivity contribution in [3.8, 4) is 0 Å². The highest BCUT2D eigenvalue weighted by atomic mass is 32.1. The number of pyridine rings is 1. The smallest absolute Gasteiger partial charge is 0.169 e. The second-order valence-corrected chi connectivity index (χ2v) is 6.39. The van der Waals surface area contributed by atoms with Crippen LogP contribution < -0.4 is 9.47 Å². The van der Waals surface area contributed by atoms with Gasteiger partial charge >= 0.3 is 0 Å². The Kier molecular flexibility index (Phi) is 6.08. The molecule has 116 valence electrons. The zero-order chi connectivity index (χ0) is 15.9. The van der Waals surface area contributed by atoms with Crippen LogP contribution in [0.25, 0.3) is 12.2 Å². The van der Waals surface area contributed by atoms with Crippen LogP contribution in [0.15, 0.2) is 48.8 Å². The molecule has 0 aliphatic rings. The number of anilines is 1. The number of aromatic nitrogens is 1. The van der Waals surface area contributed by atoms with Crippen LogP contribution in [0.1, 0.15) is 24.5 Å². The predicted molar refractivity (Wildman–Crippen MR) is 99.3 cm³/mol. The molecule has 3 heteroatoms. The summed E-state index contributed by atoms with van der Waals surface area (Å²) in [4.78, 5) is 2.26. The third-order valence-corrected chi connectivity index (χ3v) is 4.29. The van der Waals surface area contributed by atoms with Gasteiger partial charge in [0.25, 0.3) is 0 Å². The molecule has 0 aliphatic heterocycles. The first-order chi connectivity index (χ1) is 10.6. The van der Waals surface area contributed by atoms with Gasteiger partial charge in [-0.1, -0.05) is 31.2 Å². The van der Waals surface area contributed by atoms with Crippen LogP contribution in [0.2, 0.25) is 0 Å². The molecular weight excluding hydrogens is 288 g/mol. The summed E-state index contributed by atoms with van der Waals surface area (Å²) in [5.41, 5.74) is 3.65. The van der Waals surface area contributed by atoms with Crippen molar-refractivity contribution in [2.24, 2.45) is 7.05 Å². The van der Waals surface area contributed by atoms with Gasteiger partial charge in [0.15, 0.2) is 12.4 Å². The molecule has 2 aromatic rings. The number of benzene rings is 1. The molecule has 0 saturated carbocycles. The molecule has 2 nitrogen and oxygen atoms in total. The van der Waals surface area contributed by atoms with E-state index in [2.05, 4.69) is 92.4 Å². The lowest BCUT2D eigenvalue weighted by molar-refractivity contribution is -0.671. The predicted octanol–water partition coefficient (Wildman–Crippen LogP) is 3.83. The van der Waals surface area contributed by atoms with E-state index in [4.69, 9.17) is 0 Å². The minimum absolute atomic E-state index is 0.420. The lowest BCUT2D eigenvalue weighted by Gasteiger charge is -2.22. The van der Waals surface area contributed by atoms with Crippen molar-refractivity contribution in [2.45, 2.75) is 18.6 Å². The van der Waals surface area contributed by atoms with Gasteiger partial charge in [-0.05, 0) is 29.7 Å². The Bertz CT molecular complexity index is 602. The average molecular weight is 313 g/mol. The van der Waals surface area contributed by atoms with Crippen molar-refractivity contribution >= 4 is 30.5 Å². The van der Waals surface area contributed by atoms with E-state index in [0.29, 0.717) is 5.25 Å². The molecule has 1 heterocycles. The Morgan fingerprint density at radius 3 is 2.14 bits per heavy atom. The van der Waals surface area contributed by atoms with Crippen LogP contribution in [0.5, 0.6) is 0 Å². The molecule has 1 unspecified atom stereocenters. The van der Waals surface area contributed by atoms with Crippen LogP contribution in [-0.2, 0) is 7.05 Å². The Hall–Kier alpha value is -1.74. The summed E-state index contributed by atoms with van der Waals surface area (Å²) in [5, 5.41) is 0.420. The zero-order valence-corrected chi connectivity index (χ0v) is 14.5. The van der Waals surface area contributed by atoms with Crippen molar-refractivity contribution in [1.29, 1.82) is 0 Å². The Labute approximate surface area is 139 Å². The number of hydrogen-bond donors (Lipinski definition) is 1. The standard InChI is InChI=1S/C19H24N2S/c1-4-19(22)15-21(3)18-9-7-16(8-10-18)5-6-17-11-13-20(2)14-12-17/h5-14,19H,4,15H2,1-3H3/p+1. The first-order valence-electron chi connectivity index (χ1n) is 7.71. The van der Waals surface area contributed by atoms with Gasteiger partial charge in [0, 0.05) is 36.7 Å². The van der Waals surface area contributed by atoms with Crippen molar-refractivity contribution < 1.29 is 4.57 Å². The van der Waals surface area contributed by atoms with Crippen molar-refractivity contribution in [3.63, 3.8) is 0 Å². The monoisotopic (exact) mass is 313 g/mol. The topological polar surface area (TPSA) is 7.12 Å². The van der Waals surface area contributed by atoms with E-state index in [1.165, 1.54) is 16.8 Å². The Morgan fingerprint density at radius 1 is 1.05 bits per heavy atom. The van der Waals surface area contributed by atoms with Gasteiger partial charge in [-0.25, -0.2) is 4.57 Å². The summed E-state index contributed by atoms with van der Waals surface area (Å²) in [7, 11) is 4.14. The highest BCUT2D eigenvalue weighted by Crippen LogP contribution is 2.17. The molecule has 1 aromatic carbocycles. The highest BCUT2D eigenvalue weighted by molar-refractivity contribution is 7.81. The third-order valence-electron chi connectivity index (χ3n) is 3.76. The minimum atomic E-state index is 0.420. The molecule has 1 aromatic heterocycles. The maximum atomic E-state index is 4.57. The Morgan fingerprint density at radius 2 is 1.59 bits per heavy atom. The normalized spacial score (nSPS) is 12.5.